The van der Waals surface area contributed by atoms with Gasteiger partial charge in [-0.3, -0.25) is 4.79 Å². The SMILES string of the molecule is CN1C2CCC1CC(NC(=O)c1cccc3c1CCC3)C2. The predicted octanol–water partition coefficient (Wildman–Crippen LogP) is 2.53. The third-order valence-electron chi connectivity index (χ3n) is 5.82. The minimum absolute atomic E-state index is 0.155. The molecule has 2 heterocycles. The fraction of sp³-hybridized carbons (Fsp3) is 0.611. The predicted molar refractivity (Wildman–Crippen MR) is 83.5 cm³/mol. The van der Waals surface area contributed by atoms with E-state index in [1.165, 1.54) is 30.4 Å². The minimum atomic E-state index is 0.155. The highest BCUT2D eigenvalue weighted by molar-refractivity contribution is 5.96. The van der Waals surface area contributed by atoms with E-state index >= 15 is 0 Å². The molecule has 0 saturated carbocycles. The van der Waals surface area contributed by atoms with E-state index in [0.717, 1.165) is 31.2 Å². The molecule has 21 heavy (non-hydrogen) atoms. The molecule has 112 valence electrons. The Kier molecular flexibility index (Phi) is 3.26. The normalized spacial score (nSPS) is 31.2. The van der Waals surface area contributed by atoms with Crippen molar-refractivity contribution >= 4 is 5.91 Å². The van der Waals surface area contributed by atoms with E-state index in [0.29, 0.717) is 18.1 Å². The summed E-state index contributed by atoms with van der Waals surface area (Å²) in [6.45, 7) is 0. The molecule has 3 aliphatic rings. The number of hydrogen-bond acceptors (Lipinski definition) is 2. The van der Waals surface area contributed by atoms with E-state index in [9.17, 15) is 4.79 Å². The Labute approximate surface area is 126 Å². The number of benzene rings is 1. The monoisotopic (exact) mass is 284 g/mol. The van der Waals surface area contributed by atoms with Crippen molar-refractivity contribution in [2.75, 3.05) is 7.05 Å². The molecule has 0 aromatic heterocycles. The molecule has 3 nitrogen and oxygen atoms in total. The maximum atomic E-state index is 12.7. The first-order valence-corrected chi connectivity index (χ1v) is 8.36. The topological polar surface area (TPSA) is 32.3 Å². The van der Waals surface area contributed by atoms with Crippen LogP contribution >= 0.6 is 0 Å². The van der Waals surface area contributed by atoms with Gasteiger partial charge in [0.15, 0.2) is 0 Å². The molecular formula is C18H24N2O. The molecule has 2 fully saturated rings. The van der Waals surface area contributed by atoms with Crippen molar-refractivity contribution in [3.63, 3.8) is 0 Å². The van der Waals surface area contributed by atoms with E-state index in [1.54, 1.807) is 0 Å². The molecule has 0 spiro atoms. The second-order valence-corrected chi connectivity index (χ2v) is 6.99. The van der Waals surface area contributed by atoms with Gasteiger partial charge in [-0.15, -0.1) is 0 Å². The Hall–Kier alpha value is -1.35. The summed E-state index contributed by atoms with van der Waals surface area (Å²) in [4.78, 5) is 15.2. The lowest BCUT2D eigenvalue weighted by Gasteiger charge is -2.36. The van der Waals surface area contributed by atoms with Crippen LogP contribution in [0.25, 0.3) is 0 Å². The van der Waals surface area contributed by atoms with Gasteiger partial charge in [0.1, 0.15) is 0 Å². The number of piperidine rings is 1. The third-order valence-corrected chi connectivity index (χ3v) is 5.82. The molecule has 2 atom stereocenters. The van der Waals surface area contributed by atoms with Gasteiger partial charge in [0.05, 0.1) is 0 Å². The average Bonchev–Trinajstić information content (AvgIpc) is 3.01. The first-order valence-electron chi connectivity index (χ1n) is 8.36. The molecule has 4 rings (SSSR count). The summed E-state index contributed by atoms with van der Waals surface area (Å²) < 4.78 is 0. The smallest absolute Gasteiger partial charge is 0.251 e. The van der Waals surface area contributed by atoms with Crippen LogP contribution < -0.4 is 5.32 Å². The van der Waals surface area contributed by atoms with Crippen molar-refractivity contribution in [2.24, 2.45) is 0 Å². The van der Waals surface area contributed by atoms with Crippen molar-refractivity contribution in [3.8, 4) is 0 Å². The molecule has 2 aliphatic heterocycles. The van der Waals surface area contributed by atoms with Gasteiger partial charge in [0.25, 0.3) is 5.91 Å². The number of nitrogens with zero attached hydrogens (tertiary/aromatic N) is 1. The Bertz CT molecular complexity index is 554. The highest BCUT2D eigenvalue weighted by Gasteiger charge is 2.39. The average molecular weight is 284 g/mol. The second kappa shape index (κ2) is 5.13. The molecule has 1 N–H and O–H groups in total. The van der Waals surface area contributed by atoms with E-state index in [4.69, 9.17) is 0 Å². The van der Waals surface area contributed by atoms with Gasteiger partial charge >= 0.3 is 0 Å². The Morgan fingerprint density at radius 3 is 2.71 bits per heavy atom. The zero-order valence-corrected chi connectivity index (χ0v) is 12.8. The fourth-order valence-corrected chi connectivity index (χ4v) is 4.62. The molecule has 2 bridgehead atoms. The van der Waals surface area contributed by atoms with Crippen molar-refractivity contribution in [2.45, 2.75) is 63.1 Å². The Morgan fingerprint density at radius 2 is 1.95 bits per heavy atom. The van der Waals surface area contributed by atoms with Gasteiger partial charge < -0.3 is 10.2 Å². The molecule has 0 radical (unpaired) electrons. The van der Waals surface area contributed by atoms with Crippen LogP contribution in [0.4, 0.5) is 0 Å². The third kappa shape index (κ3) is 2.28. The highest BCUT2D eigenvalue weighted by Crippen LogP contribution is 2.34. The number of nitrogens with one attached hydrogen (secondary N) is 1. The maximum absolute atomic E-state index is 12.7. The summed E-state index contributed by atoms with van der Waals surface area (Å²) >= 11 is 0. The van der Waals surface area contributed by atoms with Crippen LogP contribution in [0.15, 0.2) is 18.2 Å². The van der Waals surface area contributed by atoms with Crippen LogP contribution in [0.2, 0.25) is 0 Å². The van der Waals surface area contributed by atoms with Crippen LogP contribution in [-0.2, 0) is 12.8 Å². The Balaban J connectivity index is 1.49. The van der Waals surface area contributed by atoms with Gasteiger partial charge in [0.2, 0.25) is 0 Å². The van der Waals surface area contributed by atoms with Gasteiger partial charge in [-0.05, 0) is 69.2 Å². The zero-order valence-electron chi connectivity index (χ0n) is 12.8. The molecule has 2 unspecified atom stereocenters. The Morgan fingerprint density at radius 1 is 1.19 bits per heavy atom. The molecule has 2 saturated heterocycles. The van der Waals surface area contributed by atoms with Crippen LogP contribution in [-0.4, -0.2) is 36.0 Å². The standard InChI is InChI=1S/C18H24N2O/c1-20-14-8-9-15(20)11-13(10-14)19-18(21)17-7-3-5-12-4-2-6-16(12)17/h3,5,7,13-15H,2,4,6,8-11H2,1H3,(H,19,21). The van der Waals surface area contributed by atoms with Gasteiger partial charge in [-0.1, -0.05) is 12.1 Å². The second-order valence-electron chi connectivity index (χ2n) is 6.99. The van der Waals surface area contributed by atoms with Crippen LogP contribution in [0.3, 0.4) is 0 Å². The first-order chi connectivity index (χ1) is 10.2. The lowest BCUT2D eigenvalue weighted by atomic mass is 9.96. The van der Waals surface area contributed by atoms with E-state index in [1.807, 2.05) is 12.1 Å². The highest BCUT2D eigenvalue weighted by atomic mass is 16.1. The summed E-state index contributed by atoms with van der Waals surface area (Å²) in [5.41, 5.74) is 3.60. The largest absolute Gasteiger partial charge is 0.349 e. The van der Waals surface area contributed by atoms with Gasteiger partial charge in [0, 0.05) is 23.7 Å². The summed E-state index contributed by atoms with van der Waals surface area (Å²) in [5, 5.41) is 3.32. The number of fused-ring (bicyclic) bond motifs is 3. The summed E-state index contributed by atoms with van der Waals surface area (Å²) in [6.07, 6.45) is 8.23. The van der Waals surface area contributed by atoms with Gasteiger partial charge in [-0.25, -0.2) is 0 Å². The lowest BCUT2D eigenvalue weighted by molar-refractivity contribution is 0.0881. The van der Waals surface area contributed by atoms with Crippen molar-refractivity contribution in [1.29, 1.82) is 0 Å². The number of amides is 1. The van der Waals surface area contributed by atoms with Crippen molar-refractivity contribution in [3.05, 3.63) is 34.9 Å². The van der Waals surface area contributed by atoms with E-state index < -0.39 is 0 Å². The summed E-state index contributed by atoms with van der Waals surface area (Å²) in [5.74, 6) is 0.155. The fourth-order valence-electron chi connectivity index (χ4n) is 4.62. The molecule has 1 aromatic rings. The van der Waals surface area contributed by atoms with Crippen LogP contribution in [0.5, 0.6) is 0 Å². The number of carbonyl (C=O) groups excluding carboxylic acids is 1. The minimum Gasteiger partial charge on any atom is -0.349 e. The van der Waals surface area contributed by atoms with Crippen molar-refractivity contribution in [1.82, 2.24) is 10.2 Å². The van der Waals surface area contributed by atoms with Crippen molar-refractivity contribution < 1.29 is 4.79 Å². The molecule has 1 aromatic carbocycles. The summed E-state index contributed by atoms with van der Waals surface area (Å²) in [7, 11) is 2.24. The molecule has 1 amide bonds. The lowest BCUT2D eigenvalue weighted by Crippen LogP contribution is -2.48. The van der Waals surface area contributed by atoms with E-state index in [2.05, 4.69) is 23.3 Å². The van der Waals surface area contributed by atoms with Gasteiger partial charge in [-0.2, -0.15) is 0 Å². The zero-order chi connectivity index (χ0) is 14.4. The molecular weight excluding hydrogens is 260 g/mol. The van der Waals surface area contributed by atoms with Crippen LogP contribution in [0, 0.1) is 0 Å². The number of hydrogen-bond donors (Lipinski definition) is 1. The quantitative estimate of drug-likeness (QED) is 0.905. The number of aryl methyl sites for hydroxylation is 1. The maximum Gasteiger partial charge on any atom is 0.251 e. The first kappa shape index (κ1) is 13.3. The number of rotatable bonds is 2. The molecule has 3 heteroatoms. The van der Waals surface area contributed by atoms with Crippen LogP contribution in [0.1, 0.15) is 53.6 Å². The number of carbonyl (C=O) groups is 1. The summed E-state index contributed by atoms with van der Waals surface area (Å²) in [6, 6.07) is 7.93. The molecule has 1 aliphatic carbocycles. The van der Waals surface area contributed by atoms with E-state index in [-0.39, 0.29) is 5.91 Å².